The molecule has 2 aromatic carbocycles. The first-order valence-electron chi connectivity index (χ1n) is 10.4. The van der Waals surface area contributed by atoms with Gasteiger partial charge in [-0.2, -0.15) is 0 Å². The largest absolute Gasteiger partial charge is 0.493 e. The van der Waals surface area contributed by atoms with Crippen molar-refractivity contribution in [1.82, 2.24) is 14.8 Å². The first-order chi connectivity index (χ1) is 15.5. The molecule has 4 rings (SSSR count). The average molecular weight is 452 g/mol. The molecule has 0 spiro atoms. The highest BCUT2D eigenvalue weighted by atomic mass is 32.1. The van der Waals surface area contributed by atoms with Gasteiger partial charge in [0.1, 0.15) is 17.3 Å². The molecule has 32 heavy (non-hydrogen) atoms. The maximum atomic E-state index is 12.8. The van der Waals surface area contributed by atoms with Crippen molar-refractivity contribution < 1.29 is 19.1 Å². The molecule has 1 fully saturated rings. The van der Waals surface area contributed by atoms with Gasteiger partial charge in [-0.05, 0) is 23.8 Å². The van der Waals surface area contributed by atoms with Gasteiger partial charge in [-0.25, -0.2) is 4.98 Å². The zero-order valence-electron chi connectivity index (χ0n) is 18.1. The van der Waals surface area contributed by atoms with Gasteiger partial charge >= 0.3 is 0 Å². The number of rotatable bonds is 6. The molecule has 0 N–H and O–H groups in total. The lowest BCUT2D eigenvalue weighted by molar-refractivity contribution is -0.130. The van der Waals surface area contributed by atoms with E-state index < -0.39 is 0 Å². The lowest BCUT2D eigenvalue weighted by atomic mass is 10.2. The van der Waals surface area contributed by atoms with Crippen molar-refractivity contribution in [3.63, 3.8) is 0 Å². The molecular formula is C24H25N3O4S. The van der Waals surface area contributed by atoms with Crippen LogP contribution in [-0.2, 0) is 11.4 Å². The van der Waals surface area contributed by atoms with E-state index >= 15 is 0 Å². The third-order valence-electron chi connectivity index (χ3n) is 5.38. The van der Waals surface area contributed by atoms with Gasteiger partial charge in [-0.1, -0.05) is 30.3 Å². The predicted octanol–water partition coefficient (Wildman–Crippen LogP) is 3.70. The Hall–Kier alpha value is -3.39. The summed E-state index contributed by atoms with van der Waals surface area (Å²) < 4.78 is 11.4. The van der Waals surface area contributed by atoms with Crippen molar-refractivity contribution in [2.45, 2.75) is 13.5 Å². The lowest BCUT2D eigenvalue weighted by Gasteiger charge is -2.33. The van der Waals surface area contributed by atoms with E-state index in [1.807, 2.05) is 48.5 Å². The number of methoxy groups -OCH3 is 1. The monoisotopic (exact) mass is 451 g/mol. The number of piperazine rings is 1. The Labute approximate surface area is 191 Å². The minimum absolute atomic E-state index is 0.0400. The van der Waals surface area contributed by atoms with Crippen molar-refractivity contribution in [1.29, 1.82) is 0 Å². The zero-order chi connectivity index (χ0) is 22.5. The van der Waals surface area contributed by atoms with Gasteiger partial charge in [0.15, 0.2) is 11.5 Å². The van der Waals surface area contributed by atoms with Crippen LogP contribution in [0.3, 0.4) is 0 Å². The summed E-state index contributed by atoms with van der Waals surface area (Å²) in [6.45, 7) is 4.15. The Morgan fingerprint density at radius 1 is 1.00 bits per heavy atom. The van der Waals surface area contributed by atoms with Crippen molar-refractivity contribution in [3.05, 3.63) is 65.2 Å². The molecule has 2 amide bonds. The van der Waals surface area contributed by atoms with E-state index in [1.165, 1.54) is 11.3 Å². The number of hydrogen-bond acceptors (Lipinski definition) is 6. The molecule has 3 aromatic rings. The lowest BCUT2D eigenvalue weighted by Crippen LogP contribution is -2.50. The number of benzene rings is 2. The van der Waals surface area contributed by atoms with Crippen LogP contribution in [0.15, 0.2) is 53.9 Å². The second kappa shape index (κ2) is 9.82. The van der Waals surface area contributed by atoms with Gasteiger partial charge in [0.05, 0.1) is 7.11 Å². The fourth-order valence-electron chi connectivity index (χ4n) is 3.55. The number of aromatic nitrogens is 1. The van der Waals surface area contributed by atoms with E-state index in [4.69, 9.17) is 9.47 Å². The molecule has 0 aliphatic carbocycles. The molecule has 0 unspecified atom stereocenters. The molecule has 0 bridgehead atoms. The number of carbonyl (C=O) groups excluding carboxylic acids is 2. The number of thiazole rings is 1. The van der Waals surface area contributed by atoms with E-state index in [1.54, 1.807) is 29.2 Å². The number of ether oxygens (including phenoxy) is 2. The van der Waals surface area contributed by atoms with Crippen LogP contribution in [0.25, 0.3) is 10.6 Å². The molecule has 1 saturated heterocycles. The van der Waals surface area contributed by atoms with Gasteiger partial charge in [0.2, 0.25) is 5.91 Å². The quantitative estimate of drug-likeness (QED) is 0.571. The Balaban J connectivity index is 1.44. The minimum atomic E-state index is -0.106. The van der Waals surface area contributed by atoms with E-state index in [-0.39, 0.29) is 11.8 Å². The summed E-state index contributed by atoms with van der Waals surface area (Å²) in [4.78, 5) is 32.4. The minimum Gasteiger partial charge on any atom is -0.493 e. The highest BCUT2D eigenvalue weighted by Crippen LogP contribution is 2.34. The first kappa shape index (κ1) is 21.8. The van der Waals surface area contributed by atoms with Gasteiger partial charge in [0, 0.05) is 44.0 Å². The van der Waals surface area contributed by atoms with Crippen molar-refractivity contribution in [2.75, 3.05) is 33.3 Å². The second-order valence-electron chi connectivity index (χ2n) is 7.48. The third kappa shape index (κ3) is 4.91. The second-order valence-corrected chi connectivity index (χ2v) is 8.33. The van der Waals surface area contributed by atoms with E-state index in [0.29, 0.717) is 50.0 Å². The Kier molecular flexibility index (Phi) is 6.70. The predicted molar refractivity (Wildman–Crippen MR) is 123 cm³/mol. The molecule has 2 heterocycles. The summed E-state index contributed by atoms with van der Waals surface area (Å²) >= 11 is 1.42. The number of amides is 2. The number of nitrogens with zero attached hydrogens (tertiary/aromatic N) is 3. The van der Waals surface area contributed by atoms with Crippen molar-refractivity contribution in [3.8, 4) is 22.1 Å². The molecule has 166 valence electrons. The molecule has 0 saturated carbocycles. The maximum Gasteiger partial charge on any atom is 0.273 e. The van der Waals surface area contributed by atoms with E-state index in [0.717, 1.165) is 16.1 Å². The summed E-state index contributed by atoms with van der Waals surface area (Å²) in [6.07, 6.45) is 0. The van der Waals surface area contributed by atoms with E-state index in [2.05, 4.69) is 4.98 Å². The Morgan fingerprint density at radius 2 is 1.72 bits per heavy atom. The van der Waals surface area contributed by atoms with E-state index in [9.17, 15) is 9.59 Å². The summed E-state index contributed by atoms with van der Waals surface area (Å²) in [5.74, 6) is 1.20. The summed E-state index contributed by atoms with van der Waals surface area (Å²) in [5, 5.41) is 2.52. The molecule has 0 radical (unpaired) electrons. The number of carbonyl (C=O) groups is 2. The van der Waals surface area contributed by atoms with Crippen molar-refractivity contribution in [2.24, 2.45) is 0 Å². The summed E-state index contributed by atoms with van der Waals surface area (Å²) in [6, 6.07) is 15.6. The molecule has 1 aliphatic heterocycles. The van der Waals surface area contributed by atoms with Crippen LogP contribution >= 0.6 is 11.3 Å². The molecule has 1 aromatic heterocycles. The molecule has 1 aliphatic rings. The zero-order valence-corrected chi connectivity index (χ0v) is 18.9. The molecule has 8 heteroatoms. The Morgan fingerprint density at radius 3 is 2.41 bits per heavy atom. The third-order valence-corrected chi connectivity index (χ3v) is 6.27. The highest BCUT2D eigenvalue weighted by Gasteiger charge is 2.25. The van der Waals surface area contributed by atoms with Crippen LogP contribution in [0.1, 0.15) is 23.0 Å². The van der Waals surface area contributed by atoms with Crippen LogP contribution in [0, 0.1) is 0 Å². The molecule has 0 atom stereocenters. The highest BCUT2D eigenvalue weighted by molar-refractivity contribution is 7.13. The fourth-order valence-corrected chi connectivity index (χ4v) is 4.34. The van der Waals surface area contributed by atoms with Crippen LogP contribution in [0.4, 0.5) is 0 Å². The van der Waals surface area contributed by atoms with Crippen molar-refractivity contribution >= 4 is 23.2 Å². The van der Waals surface area contributed by atoms with Gasteiger partial charge in [0.25, 0.3) is 5.91 Å². The smallest absolute Gasteiger partial charge is 0.273 e. The summed E-state index contributed by atoms with van der Waals surface area (Å²) in [7, 11) is 1.60. The average Bonchev–Trinajstić information content (AvgIpc) is 3.33. The first-order valence-corrected chi connectivity index (χ1v) is 11.3. The van der Waals surface area contributed by atoms with Gasteiger partial charge < -0.3 is 19.3 Å². The summed E-state index contributed by atoms with van der Waals surface area (Å²) in [5.41, 5.74) is 2.36. The van der Waals surface area contributed by atoms with Gasteiger partial charge in [-0.3, -0.25) is 9.59 Å². The normalized spacial score (nSPS) is 13.7. The topological polar surface area (TPSA) is 72.0 Å². The van der Waals surface area contributed by atoms with Crippen LogP contribution in [-0.4, -0.2) is 59.9 Å². The van der Waals surface area contributed by atoms with Crippen LogP contribution in [0.5, 0.6) is 11.5 Å². The maximum absolute atomic E-state index is 12.8. The molecule has 7 nitrogen and oxygen atoms in total. The standard InChI is InChI=1S/C24H25N3O4S/c1-17(28)26-10-12-27(13-11-26)24(29)20-16-32-23(25-20)19-8-9-21(22(14-19)30-2)31-15-18-6-4-3-5-7-18/h3-9,14,16H,10-13,15H2,1-2H3. The van der Waals surface area contributed by atoms with Gasteiger partial charge in [-0.15, -0.1) is 11.3 Å². The van der Waals surface area contributed by atoms with Crippen LogP contribution < -0.4 is 9.47 Å². The Bertz CT molecular complexity index is 1090. The van der Waals surface area contributed by atoms with Crippen LogP contribution in [0.2, 0.25) is 0 Å². The fraction of sp³-hybridized carbons (Fsp3) is 0.292. The number of hydrogen-bond donors (Lipinski definition) is 0. The molecular weight excluding hydrogens is 426 g/mol. The SMILES string of the molecule is COc1cc(-c2nc(C(=O)N3CCN(C(C)=O)CC3)cs2)ccc1OCc1ccccc1.